The van der Waals surface area contributed by atoms with Crippen LogP contribution in [0.25, 0.3) is 0 Å². The van der Waals surface area contributed by atoms with Gasteiger partial charge in [0, 0.05) is 19.3 Å². The number of β-amino-alcohol motifs (C(OH)–C–C–N with tert-alkyl or cyclic N) is 1. The van der Waals surface area contributed by atoms with E-state index >= 15 is 0 Å². The third-order valence-electron chi connectivity index (χ3n) is 2.46. The summed E-state index contributed by atoms with van der Waals surface area (Å²) in [5.74, 6) is 0.878. The van der Waals surface area contributed by atoms with Crippen LogP contribution in [0.1, 0.15) is 18.5 Å². The summed E-state index contributed by atoms with van der Waals surface area (Å²) in [5.41, 5.74) is 0.919. The summed E-state index contributed by atoms with van der Waals surface area (Å²) >= 11 is 0. The van der Waals surface area contributed by atoms with Crippen molar-refractivity contribution in [3.8, 4) is 0 Å². The summed E-state index contributed by atoms with van der Waals surface area (Å²) in [6.07, 6.45) is 5.20. The Balaban J connectivity index is 2.14. The molecule has 0 aromatic carbocycles. The Hall–Kier alpha value is -1.16. The van der Waals surface area contributed by atoms with Gasteiger partial charge in [-0.25, -0.2) is 4.98 Å². The van der Waals surface area contributed by atoms with Crippen molar-refractivity contribution >= 4 is 5.82 Å². The maximum Gasteiger partial charge on any atom is 0.147 e. The predicted molar refractivity (Wildman–Crippen MR) is 54.2 cm³/mol. The van der Waals surface area contributed by atoms with E-state index in [4.69, 9.17) is 0 Å². The molecule has 14 heavy (non-hydrogen) atoms. The first-order valence-corrected chi connectivity index (χ1v) is 4.97. The third-order valence-corrected chi connectivity index (χ3v) is 2.46. The summed E-state index contributed by atoms with van der Waals surface area (Å²) in [4.78, 5) is 10.6. The summed E-state index contributed by atoms with van der Waals surface area (Å²) in [6, 6.07) is 0. The van der Waals surface area contributed by atoms with Crippen molar-refractivity contribution in [3.63, 3.8) is 0 Å². The standard InChI is InChI=1S/C10H15N3O/c1-8-5-11-6-10(12-8)13-4-2-3-9(14)7-13/h5-6,9,14H,2-4,7H2,1H3. The van der Waals surface area contributed by atoms with Crippen LogP contribution in [0.4, 0.5) is 5.82 Å². The van der Waals surface area contributed by atoms with Gasteiger partial charge in [-0.3, -0.25) is 4.98 Å². The van der Waals surface area contributed by atoms with Gasteiger partial charge in [0.25, 0.3) is 0 Å². The van der Waals surface area contributed by atoms with Gasteiger partial charge in [-0.2, -0.15) is 0 Å². The Morgan fingerprint density at radius 1 is 1.50 bits per heavy atom. The Morgan fingerprint density at radius 2 is 2.36 bits per heavy atom. The number of aliphatic hydroxyl groups excluding tert-OH is 1. The van der Waals surface area contributed by atoms with Gasteiger partial charge < -0.3 is 10.0 Å². The highest BCUT2D eigenvalue weighted by atomic mass is 16.3. The fraction of sp³-hybridized carbons (Fsp3) is 0.600. The second kappa shape index (κ2) is 3.92. The van der Waals surface area contributed by atoms with Crippen LogP contribution in [0.15, 0.2) is 12.4 Å². The Morgan fingerprint density at radius 3 is 3.07 bits per heavy atom. The number of aliphatic hydroxyl groups is 1. The molecule has 1 aliphatic rings. The van der Waals surface area contributed by atoms with Gasteiger partial charge in [-0.15, -0.1) is 0 Å². The zero-order valence-corrected chi connectivity index (χ0v) is 8.35. The van der Waals surface area contributed by atoms with Crippen molar-refractivity contribution in [2.75, 3.05) is 18.0 Å². The lowest BCUT2D eigenvalue weighted by Crippen LogP contribution is -2.38. The van der Waals surface area contributed by atoms with Crippen molar-refractivity contribution in [1.29, 1.82) is 0 Å². The van der Waals surface area contributed by atoms with Gasteiger partial charge in [0.15, 0.2) is 0 Å². The van der Waals surface area contributed by atoms with E-state index in [2.05, 4.69) is 14.9 Å². The average molecular weight is 193 g/mol. The molecule has 2 heterocycles. The van der Waals surface area contributed by atoms with Gasteiger partial charge in [0.05, 0.1) is 18.0 Å². The highest BCUT2D eigenvalue weighted by molar-refractivity contribution is 5.36. The van der Waals surface area contributed by atoms with Crippen LogP contribution in [0.2, 0.25) is 0 Å². The summed E-state index contributed by atoms with van der Waals surface area (Å²) in [5, 5.41) is 9.52. The molecule has 1 aromatic heterocycles. The minimum atomic E-state index is -0.217. The summed E-state index contributed by atoms with van der Waals surface area (Å²) in [6.45, 7) is 3.57. The molecule has 1 fully saturated rings. The zero-order valence-electron chi connectivity index (χ0n) is 8.35. The zero-order chi connectivity index (χ0) is 9.97. The highest BCUT2D eigenvalue weighted by Gasteiger charge is 2.18. The number of hydrogen-bond acceptors (Lipinski definition) is 4. The molecular formula is C10H15N3O. The van der Waals surface area contributed by atoms with Crippen molar-refractivity contribution in [1.82, 2.24) is 9.97 Å². The van der Waals surface area contributed by atoms with E-state index in [9.17, 15) is 5.11 Å². The monoisotopic (exact) mass is 193 g/mol. The number of hydrogen-bond donors (Lipinski definition) is 1. The van der Waals surface area contributed by atoms with Crippen LogP contribution in [-0.4, -0.2) is 34.3 Å². The number of aromatic nitrogens is 2. The first-order chi connectivity index (χ1) is 6.75. The molecule has 1 saturated heterocycles. The normalized spacial score (nSPS) is 22.4. The van der Waals surface area contributed by atoms with Gasteiger partial charge in [0.2, 0.25) is 0 Å². The molecule has 1 unspecified atom stereocenters. The molecule has 0 aliphatic carbocycles. The number of nitrogens with zero attached hydrogens (tertiary/aromatic N) is 3. The van der Waals surface area contributed by atoms with Crippen LogP contribution < -0.4 is 4.90 Å². The van der Waals surface area contributed by atoms with E-state index in [0.29, 0.717) is 6.54 Å². The minimum Gasteiger partial charge on any atom is -0.391 e. The Labute approximate surface area is 83.6 Å². The lowest BCUT2D eigenvalue weighted by molar-refractivity contribution is 0.154. The van der Waals surface area contributed by atoms with Crippen LogP contribution in [-0.2, 0) is 0 Å². The van der Waals surface area contributed by atoms with Gasteiger partial charge in [-0.1, -0.05) is 0 Å². The number of rotatable bonds is 1. The first kappa shape index (κ1) is 9.40. The van der Waals surface area contributed by atoms with Crippen LogP contribution in [0, 0.1) is 6.92 Å². The largest absolute Gasteiger partial charge is 0.391 e. The quantitative estimate of drug-likeness (QED) is 0.715. The second-order valence-electron chi connectivity index (χ2n) is 3.76. The van der Waals surface area contributed by atoms with E-state index in [1.165, 1.54) is 0 Å². The molecule has 2 rings (SSSR count). The molecule has 1 aliphatic heterocycles. The van der Waals surface area contributed by atoms with Crippen molar-refractivity contribution < 1.29 is 5.11 Å². The molecule has 76 valence electrons. The van der Waals surface area contributed by atoms with Crippen LogP contribution in [0.5, 0.6) is 0 Å². The molecule has 0 bridgehead atoms. The van der Waals surface area contributed by atoms with Crippen molar-refractivity contribution in [2.24, 2.45) is 0 Å². The Kier molecular flexibility index (Phi) is 2.63. The average Bonchev–Trinajstić information content (AvgIpc) is 2.18. The maximum absolute atomic E-state index is 9.52. The molecular weight excluding hydrogens is 178 g/mol. The molecule has 1 aromatic rings. The first-order valence-electron chi connectivity index (χ1n) is 4.97. The SMILES string of the molecule is Cc1cncc(N2CCCC(O)C2)n1. The summed E-state index contributed by atoms with van der Waals surface area (Å²) < 4.78 is 0. The fourth-order valence-electron chi connectivity index (χ4n) is 1.77. The van der Waals surface area contributed by atoms with Crippen molar-refractivity contribution in [3.05, 3.63) is 18.1 Å². The molecule has 0 spiro atoms. The Bertz CT molecular complexity index is 316. The number of anilines is 1. The van der Waals surface area contributed by atoms with Crippen LogP contribution in [0.3, 0.4) is 0 Å². The molecule has 0 amide bonds. The fourth-order valence-corrected chi connectivity index (χ4v) is 1.77. The lowest BCUT2D eigenvalue weighted by Gasteiger charge is -2.30. The van der Waals surface area contributed by atoms with Gasteiger partial charge in [0.1, 0.15) is 5.82 Å². The molecule has 4 nitrogen and oxygen atoms in total. The number of piperidine rings is 1. The van der Waals surface area contributed by atoms with Gasteiger partial charge >= 0.3 is 0 Å². The highest BCUT2D eigenvalue weighted by Crippen LogP contribution is 2.16. The molecule has 4 heteroatoms. The van der Waals surface area contributed by atoms with E-state index in [-0.39, 0.29) is 6.10 Å². The third kappa shape index (κ3) is 2.01. The summed E-state index contributed by atoms with van der Waals surface area (Å²) in [7, 11) is 0. The van der Waals surface area contributed by atoms with E-state index in [1.54, 1.807) is 12.4 Å². The smallest absolute Gasteiger partial charge is 0.147 e. The topological polar surface area (TPSA) is 49.2 Å². The molecule has 1 N–H and O–H groups in total. The van der Waals surface area contributed by atoms with Crippen molar-refractivity contribution in [2.45, 2.75) is 25.9 Å². The van der Waals surface area contributed by atoms with Gasteiger partial charge in [-0.05, 0) is 19.8 Å². The van der Waals surface area contributed by atoms with E-state index in [0.717, 1.165) is 30.9 Å². The lowest BCUT2D eigenvalue weighted by atomic mass is 10.1. The maximum atomic E-state index is 9.52. The molecule has 0 saturated carbocycles. The number of aryl methyl sites for hydroxylation is 1. The van der Waals surface area contributed by atoms with Crippen LogP contribution >= 0.6 is 0 Å². The van der Waals surface area contributed by atoms with E-state index in [1.807, 2.05) is 6.92 Å². The minimum absolute atomic E-state index is 0.217. The van der Waals surface area contributed by atoms with E-state index < -0.39 is 0 Å². The predicted octanol–water partition coefficient (Wildman–Crippen LogP) is 0.746. The molecule has 0 radical (unpaired) electrons. The second-order valence-corrected chi connectivity index (χ2v) is 3.76. The molecule has 1 atom stereocenters.